The number of aryl methyl sites for hydroxylation is 5. The summed E-state index contributed by atoms with van der Waals surface area (Å²) < 4.78 is 11.5. The zero-order valence-electron chi connectivity index (χ0n) is 18.6. The molecule has 1 amide bonds. The predicted molar refractivity (Wildman–Crippen MR) is 122 cm³/mol. The van der Waals surface area contributed by atoms with Gasteiger partial charge in [0.05, 0.1) is 7.11 Å². The molecule has 0 heterocycles. The molecule has 0 radical (unpaired) electrons. The summed E-state index contributed by atoms with van der Waals surface area (Å²) in [5, 5.41) is 3.05. The van der Waals surface area contributed by atoms with Crippen LogP contribution in [0.2, 0.25) is 0 Å². The standard InChI is InChI=1S/C26H29NO3/c1-16-9-17(2)13-23(12-16)30-15-22-14-21(7-8-24(22)29-6)26(28)27-25-19(4)10-18(3)11-20(25)5/h7-14H,15H2,1-6H3,(H,27,28). The van der Waals surface area contributed by atoms with E-state index in [1.165, 1.54) is 5.56 Å². The number of hydrogen-bond acceptors (Lipinski definition) is 3. The lowest BCUT2D eigenvalue weighted by molar-refractivity contribution is 0.102. The molecule has 3 aromatic rings. The Morgan fingerprint density at radius 2 is 1.43 bits per heavy atom. The van der Waals surface area contributed by atoms with Crippen molar-refractivity contribution in [1.82, 2.24) is 0 Å². The molecule has 4 nitrogen and oxygen atoms in total. The monoisotopic (exact) mass is 403 g/mol. The zero-order chi connectivity index (χ0) is 21.8. The summed E-state index contributed by atoms with van der Waals surface area (Å²) in [5.41, 5.74) is 7.81. The van der Waals surface area contributed by atoms with Crippen LogP contribution < -0.4 is 14.8 Å². The van der Waals surface area contributed by atoms with Gasteiger partial charge in [-0.1, -0.05) is 23.8 Å². The second-order valence-electron chi connectivity index (χ2n) is 7.87. The largest absolute Gasteiger partial charge is 0.496 e. The van der Waals surface area contributed by atoms with Gasteiger partial charge in [0.15, 0.2) is 0 Å². The van der Waals surface area contributed by atoms with E-state index in [2.05, 4.69) is 30.4 Å². The number of methoxy groups -OCH3 is 1. The lowest BCUT2D eigenvalue weighted by atomic mass is 10.0. The number of hydrogen-bond donors (Lipinski definition) is 1. The number of nitrogens with one attached hydrogen (secondary N) is 1. The van der Waals surface area contributed by atoms with Crippen molar-refractivity contribution in [3.05, 3.63) is 87.5 Å². The van der Waals surface area contributed by atoms with Crippen molar-refractivity contribution in [3.8, 4) is 11.5 Å². The number of anilines is 1. The Morgan fingerprint density at radius 3 is 2.03 bits per heavy atom. The zero-order valence-corrected chi connectivity index (χ0v) is 18.6. The fraction of sp³-hybridized carbons (Fsp3) is 0.269. The molecule has 0 saturated carbocycles. The highest BCUT2D eigenvalue weighted by Crippen LogP contribution is 2.26. The highest BCUT2D eigenvalue weighted by molar-refractivity contribution is 6.05. The van der Waals surface area contributed by atoms with Crippen LogP contribution in [0.4, 0.5) is 5.69 Å². The fourth-order valence-electron chi connectivity index (χ4n) is 3.77. The van der Waals surface area contributed by atoms with E-state index in [1.807, 2.05) is 52.0 Å². The number of rotatable bonds is 6. The van der Waals surface area contributed by atoms with Crippen molar-refractivity contribution >= 4 is 11.6 Å². The number of amides is 1. The van der Waals surface area contributed by atoms with Gasteiger partial charge < -0.3 is 14.8 Å². The van der Waals surface area contributed by atoms with Crippen LogP contribution in [-0.2, 0) is 6.61 Å². The summed E-state index contributed by atoms with van der Waals surface area (Å²) in [6, 6.07) is 15.7. The maximum Gasteiger partial charge on any atom is 0.255 e. The molecule has 156 valence electrons. The highest BCUT2D eigenvalue weighted by atomic mass is 16.5. The molecular weight excluding hydrogens is 374 g/mol. The number of benzene rings is 3. The Bertz CT molecular complexity index is 1040. The second-order valence-corrected chi connectivity index (χ2v) is 7.87. The van der Waals surface area contributed by atoms with Crippen molar-refractivity contribution in [2.75, 3.05) is 12.4 Å². The molecule has 0 saturated heterocycles. The minimum Gasteiger partial charge on any atom is -0.496 e. The van der Waals surface area contributed by atoms with E-state index in [9.17, 15) is 4.79 Å². The van der Waals surface area contributed by atoms with Gasteiger partial charge in [0, 0.05) is 16.8 Å². The van der Waals surface area contributed by atoms with Crippen LogP contribution in [0, 0.1) is 34.6 Å². The van der Waals surface area contributed by atoms with Gasteiger partial charge in [-0.05, 0) is 87.2 Å². The van der Waals surface area contributed by atoms with Crippen LogP contribution in [0.1, 0.15) is 43.7 Å². The average Bonchev–Trinajstić information content (AvgIpc) is 2.68. The summed E-state index contributed by atoms with van der Waals surface area (Å²) in [6.45, 7) is 10.5. The van der Waals surface area contributed by atoms with Gasteiger partial charge in [-0.25, -0.2) is 0 Å². The van der Waals surface area contributed by atoms with Gasteiger partial charge in [-0.15, -0.1) is 0 Å². The Hall–Kier alpha value is -3.27. The first-order valence-corrected chi connectivity index (χ1v) is 10.0. The van der Waals surface area contributed by atoms with E-state index in [0.29, 0.717) is 17.9 Å². The maximum absolute atomic E-state index is 12.9. The lowest BCUT2D eigenvalue weighted by Crippen LogP contribution is -2.14. The number of ether oxygens (including phenoxy) is 2. The first-order chi connectivity index (χ1) is 14.3. The van der Waals surface area contributed by atoms with Crippen LogP contribution in [0.25, 0.3) is 0 Å². The van der Waals surface area contributed by atoms with Crippen LogP contribution in [0.15, 0.2) is 48.5 Å². The quantitative estimate of drug-likeness (QED) is 0.543. The SMILES string of the molecule is COc1ccc(C(=O)Nc2c(C)cc(C)cc2C)cc1COc1cc(C)cc(C)c1. The second kappa shape index (κ2) is 9.04. The Labute approximate surface area is 178 Å². The molecule has 0 aromatic heterocycles. The summed E-state index contributed by atoms with van der Waals surface area (Å²) in [6.07, 6.45) is 0. The minimum absolute atomic E-state index is 0.152. The van der Waals surface area contributed by atoms with Crippen molar-refractivity contribution in [2.24, 2.45) is 0 Å². The summed E-state index contributed by atoms with van der Waals surface area (Å²) >= 11 is 0. The number of carbonyl (C=O) groups is 1. The maximum atomic E-state index is 12.9. The van der Waals surface area contributed by atoms with Crippen LogP contribution in [0.3, 0.4) is 0 Å². The van der Waals surface area contributed by atoms with Gasteiger partial charge >= 0.3 is 0 Å². The molecular formula is C26H29NO3. The average molecular weight is 404 g/mol. The third kappa shape index (κ3) is 5.01. The van der Waals surface area contributed by atoms with Crippen molar-refractivity contribution in [2.45, 2.75) is 41.2 Å². The van der Waals surface area contributed by atoms with E-state index < -0.39 is 0 Å². The van der Waals surface area contributed by atoms with Crippen LogP contribution in [-0.4, -0.2) is 13.0 Å². The Morgan fingerprint density at radius 1 is 0.833 bits per heavy atom. The molecule has 4 heteroatoms. The number of carbonyl (C=O) groups excluding carboxylic acids is 1. The molecule has 0 spiro atoms. The molecule has 0 aliphatic carbocycles. The van der Waals surface area contributed by atoms with E-state index in [0.717, 1.165) is 39.3 Å². The molecule has 0 bridgehead atoms. The summed E-state index contributed by atoms with van der Waals surface area (Å²) in [7, 11) is 1.62. The molecule has 0 atom stereocenters. The highest BCUT2D eigenvalue weighted by Gasteiger charge is 2.14. The van der Waals surface area contributed by atoms with Gasteiger partial charge in [0.1, 0.15) is 18.1 Å². The normalized spacial score (nSPS) is 10.6. The van der Waals surface area contributed by atoms with E-state index in [1.54, 1.807) is 13.2 Å². The third-order valence-electron chi connectivity index (χ3n) is 5.05. The minimum atomic E-state index is -0.152. The molecule has 0 unspecified atom stereocenters. The van der Waals surface area contributed by atoms with E-state index >= 15 is 0 Å². The summed E-state index contributed by atoms with van der Waals surface area (Å²) in [4.78, 5) is 12.9. The van der Waals surface area contributed by atoms with Crippen molar-refractivity contribution < 1.29 is 14.3 Å². The lowest BCUT2D eigenvalue weighted by Gasteiger charge is -2.15. The molecule has 0 aliphatic rings. The molecule has 0 fully saturated rings. The van der Waals surface area contributed by atoms with Gasteiger partial charge in [0.25, 0.3) is 5.91 Å². The fourth-order valence-corrected chi connectivity index (χ4v) is 3.77. The van der Waals surface area contributed by atoms with Crippen molar-refractivity contribution in [3.63, 3.8) is 0 Å². The van der Waals surface area contributed by atoms with Crippen molar-refractivity contribution in [1.29, 1.82) is 0 Å². The van der Waals surface area contributed by atoms with Gasteiger partial charge in [0.2, 0.25) is 0 Å². The Balaban J connectivity index is 1.82. The van der Waals surface area contributed by atoms with E-state index in [-0.39, 0.29) is 5.91 Å². The molecule has 0 aliphatic heterocycles. The first kappa shape index (κ1) is 21.4. The molecule has 3 rings (SSSR count). The van der Waals surface area contributed by atoms with Crippen LogP contribution >= 0.6 is 0 Å². The molecule has 3 aromatic carbocycles. The van der Waals surface area contributed by atoms with Gasteiger partial charge in [-0.3, -0.25) is 4.79 Å². The smallest absolute Gasteiger partial charge is 0.255 e. The Kier molecular flexibility index (Phi) is 6.46. The van der Waals surface area contributed by atoms with Gasteiger partial charge in [-0.2, -0.15) is 0 Å². The molecule has 1 N–H and O–H groups in total. The topological polar surface area (TPSA) is 47.6 Å². The third-order valence-corrected chi connectivity index (χ3v) is 5.05. The summed E-state index contributed by atoms with van der Waals surface area (Å²) in [5.74, 6) is 1.34. The van der Waals surface area contributed by atoms with Crippen LogP contribution in [0.5, 0.6) is 11.5 Å². The first-order valence-electron chi connectivity index (χ1n) is 10.0. The molecule has 30 heavy (non-hydrogen) atoms. The van der Waals surface area contributed by atoms with E-state index in [4.69, 9.17) is 9.47 Å². The predicted octanol–water partition coefficient (Wildman–Crippen LogP) is 6.07.